The monoisotopic (exact) mass is 253 g/mol. The molecule has 6 heteroatoms. The zero-order valence-corrected chi connectivity index (χ0v) is 10.9. The van der Waals surface area contributed by atoms with Gasteiger partial charge in [0, 0.05) is 13.7 Å². The molecule has 1 aromatic heterocycles. The molecule has 1 unspecified atom stereocenters. The third-order valence-electron chi connectivity index (χ3n) is 2.43. The van der Waals surface area contributed by atoms with Gasteiger partial charge in [0.15, 0.2) is 0 Å². The second-order valence-electron chi connectivity index (χ2n) is 4.02. The van der Waals surface area contributed by atoms with Gasteiger partial charge in [0.05, 0.1) is 29.7 Å². The minimum Gasteiger partial charge on any atom is -0.389 e. The van der Waals surface area contributed by atoms with Gasteiger partial charge in [-0.05, 0) is 19.4 Å². The SMILES string of the molecule is CCc1nnc(C)cc1C(=O)NCC(O)COC. The maximum atomic E-state index is 12.0. The van der Waals surface area contributed by atoms with Crippen molar-refractivity contribution in [2.24, 2.45) is 0 Å². The minimum absolute atomic E-state index is 0.150. The molecule has 0 fully saturated rings. The number of nitrogens with zero attached hydrogens (tertiary/aromatic N) is 2. The number of hydrogen-bond acceptors (Lipinski definition) is 5. The summed E-state index contributed by atoms with van der Waals surface area (Å²) in [6.45, 7) is 4.03. The highest BCUT2D eigenvalue weighted by atomic mass is 16.5. The lowest BCUT2D eigenvalue weighted by Gasteiger charge is -2.12. The molecule has 100 valence electrons. The molecule has 1 aromatic rings. The molecule has 0 aliphatic carbocycles. The maximum absolute atomic E-state index is 12.0. The summed E-state index contributed by atoms with van der Waals surface area (Å²) >= 11 is 0. The Kier molecular flexibility index (Phi) is 5.67. The van der Waals surface area contributed by atoms with Crippen molar-refractivity contribution < 1.29 is 14.6 Å². The van der Waals surface area contributed by atoms with Crippen molar-refractivity contribution in [3.8, 4) is 0 Å². The topological polar surface area (TPSA) is 84.3 Å². The molecule has 0 bridgehead atoms. The molecule has 0 aliphatic rings. The van der Waals surface area contributed by atoms with Crippen LogP contribution in [0, 0.1) is 6.92 Å². The van der Waals surface area contributed by atoms with E-state index in [1.165, 1.54) is 7.11 Å². The average molecular weight is 253 g/mol. The second kappa shape index (κ2) is 7.03. The maximum Gasteiger partial charge on any atom is 0.253 e. The first-order valence-electron chi connectivity index (χ1n) is 5.86. The van der Waals surface area contributed by atoms with Crippen molar-refractivity contribution in [2.45, 2.75) is 26.4 Å². The fourth-order valence-corrected chi connectivity index (χ4v) is 1.53. The van der Waals surface area contributed by atoms with Crippen molar-refractivity contribution >= 4 is 5.91 Å². The van der Waals surface area contributed by atoms with Gasteiger partial charge in [-0.3, -0.25) is 4.79 Å². The van der Waals surface area contributed by atoms with E-state index in [0.717, 1.165) is 0 Å². The number of rotatable bonds is 6. The number of nitrogens with one attached hydrogen (secondary N) is 1. The summed E-state index contributed by atoms with van der Waals surface area (Å²) in [6.07, 6.45) is -0.0728. The number of amides is 1. The molecule has 0 saturated heterocycles. The molecular formula is C12H19N3O3. The third-order valence-corrected chi connectivity index (χ3v) is 2.43. The summed E-state index contributed by atoms with van der Waals surface area (Å²) < 4.78 is 4.78. The molecule has 6 nitrogen and oxygen atoms in total. The second-order valence-corrected chi connectivity index (χ2v) is 4.02. The van der Waals surface area contributed by atoms with E-state index >= 15 is 0 Å². The number of aliphatic hydroxyl groups excluding tert-OH is 1. The first-order chi connectivity index (χ1) is 8.58. The van der Waals surface area contributed by atoms with Crippen molar-refractivity contribution in [3.63, 3.8) is 0 Å². The van der Waals surface area contributed by atoms with Gasteiger partial charge in [-0.2, -0.15) is 10.2 Å². The standard InChI is InChI=1S/C12H19N3O3/c1-4-11-10(5-8(2)14-15-11)12(17)13-6-9(16)7-18-3/h5,9,16H,4,6-7H2,1-3H3,(H,13,17). The zero-order valence-electron chi connectivity index (χ0n) is 10.9. The molecule has 1 amide bonds. The summed E-state index contributed by atoms with van der Waals surface area (Å²) in [5.74, 6) is -0.250. The Morgan fingerprint density at radius 1 is 1.56 bits per heavy atom. The molecule has 18 heavy (non-hydrogen) atoms. The summed E-state index contributed by atoms with van der Waals surface area (Å²) in [6, 6.07) is 1.70. The van der Waals surface area contributed by atoms with Crippen LogP contribution in [-0.2, 0) is 11.2 Å². The van der Waals surface area contributed by atoms with E-state index in [2.05, 4.69) is 15.5 Å². The average Bonchev–Trinajstić information content (AvgIpc) is 2.36. The quantitative estimate of drug-likeness (QED) is 0.750. The summed E-state index contributed by atoms with van der Waals surface area (Å²) in [4.78, 5) is 12.0. The van der Waals surface area contributed by atoms with Crippen LogP contribution in [0.3, 0.4) is 0 Å². The first-order valence-corrected chi connectivity index (χ1v) is 5.86. The lowest BCUT2D eigenvalue weighted by molar-refractivity contribution is 0.0609. The number of methoxy groups -OCH3 is 1. The molecule has 1 rings (SSSR count). The van der Waals surface area contributed by atoms with Gasteiger partial charge in [0.2, 0.25) is 0 Å². The Labute approximate surface area is 106 Å². The molecule has 0 saturated carbocycles. The van der Waals surface area contributed by atoms with Crippen molar-refractivity contribution in [1.29, 1.82) is 0 Å². The molecular weight excluding hydrogens is 234 g/mol. The number of carbonyl (C=O) groups is 1. The van der Waals surface area contributed by atoms with Crippen LogP contribution < -0.4 is 5.32 Å². The molecule has 0 aromatic carbocycles. The van der Waals surface area contributed by atoms with Crippen LogP contribution in [0.15, 0.2) is 6.07 Å². The fourth-order valence-electron chi connectivity index (χ4n) is 1.53. The number of hydrogen-bond donors (Lipinski definition) is 2. The number of aromatic nitrogens is 2. The van der Waals surface area contributed by atoms with E-state index in [1.54, 1.807) is 13.0 Å². The number of ether oxygens (including phenoxy) is 1. The Morgan fingerprint density at radius 3 is 2.89 bits per heavy atom. The molecule has 0 aliphatic heterocycles. The van der Waals surface area contributed by atoms with Gasteiger partial charge in [-0.15, -0.1) is 0 Å². The lowest BCUT2D eigenvalue weighted by atomic mass is 10.1. The first kappa shape index (κ1) is 14.5. The van der Waals surface area contributed by atoms with Crippen molar-refractivity contribution in [2.75, 3.05) is 20.3 Å². The fraction of sp³-hybridized carbons (Fsp3) is 0.583. The Balaban J connectivity index is 2.68. The lowest BCUT2D eigenvalue weighted by Crippen LogP contribution is -2.35. The number of carbonyl (C=O) groups excluding carboxylic acids is 1. The highest BCUT2D eigenvalue weighted by Gasteiger charge is 2.14. The smallest absolute Gasteiger partial charge is 0.253 e. The number of aryl methyl sites for hydroxylation is 2. The van der Waals surface area contributed by atoms with Gasteiger partial charge in [-0.25, -0.2) is 0 Å². The summed E-state index contributed by atoms with van der Waals surface area (Å²) in [5.41, 5.74) is 1.85. The normalized spacial score (nSPS) is 12.2. The largest absolute Gasteiger partial charge is 0.389 e. The predicted molar refractivity (Wildman–Crippen MR) is 66.4 cm³/mol. The van der Waals surface area contributed by atoms with Crippen LogP contribution in [0.5, 0.6) is 0 Å². The van der Waals surface area contributed by atoms with Crippen LogP contribution in [0.25, 0.3) is 0 Å². The molecule has 1 heterocycles. The van der Waals surface area contributed by atoms with Gasteiger partial charge < -0.3 is 15.2 Å². The minimum atomic E-state index is -0.708. The van der Waals surface area contributed by atoms with Crippen molar-refractivity contribution in [1.82, 2.24) is 15.5 Å². The molecule has 0 radical (unpaired) electrons. The number of aliphatic hydroxyl groups is 1. The van der Waals surface area contributed by atoms with E-state index in [9.17, 15) is 9.90 Å². The summed E-state index contributed by atoms with van der Waals surface area (Å²) in [7, 11) is 1.50. The van der Waals surface area contributed by atoms with E-state index in [1.807, 2.05) is 6.92 Å². The Morgan fingerprint density at radius 2 is 2.28 bits per heavy atom. The summed E-state index contributed by atoms with van der Waals surface area (Å²) in [5, 5.41) is 20.0. The third kappa shape index (κ3) is 4.05. The Hall–Kier alpha value is -1.53. The molecule has 0 spiro atoms. The van der Waals surface area contributed by atoms with Crippen molar-refractivity contribution in [3.05, 3.63) is 23.0 Å². The molecule has 1 atom stereocenters. The van der Waals surface area contributed by atoms with E-state index in [4.69, 9.17) is 4.74 Å². The van der Waals surface area contributed by atoms with Gasteiger partial charge in [0.1, 0.15) is 0 Å². The zero-order chi connectivity index (χ0) is 13.5. The predicted octanol–water partition coefficient (Wildman–Crippen LogP) is 0.0845. The van der Waals surface area contributed by atoms with Gasteiger partial charge in [-0.1, -0.05) is 6.92 Å². The van der Waals surface area contributed by atoms with Gasteiger partial charge in [0.25, 0.3) is 5.91 Å². The highest BCUT2D eigenvalue weighted by Crippen LogP contribution is 2.07. The van der Waals surface area contributed by atoms with Crippen LogP contribution >= 0.6 is 0 Å². The van der Waals surface area contributed by atoms with Crippen LogP contribution in [0.2, 0.25) is 0 Å². The van der Waals surface area contributed by atoms with Crippen LogP contribution in [-0.4, -0.2) is 47.6 Å². The Bertz CT molecular complexity index is 410. The van der Waals surface area contributed by atoms with E-state index in [0.29, 0.717) is 23.4 Å². The highest BCUT2D eigenvalue weighted by molar-refractivity contribution is 5.95. The van der Waals surface area contributed by atoms with Gasteiger partial charge >= 0.3 is 0 Å². The van der Waals surface area contributed by atoms with Crippen LogP contribution in [0.1, 0.15) is 28.7 Å². The van der Waals surface area contributed by atoms with E-state index < -0.39 is 6.10 Å². The van der Waals surface area contributed by atoms with E-state index in [-0.39, 0.29) is 19.1 Å². The molecule has 2 N–H and O–H groups in total. The van der Waals surface area contributed by atoms with Crippen LogP contribution in [0.4, 0.5) is 0 Å².